The second-order valence-electron chi connectivity index (χ2n) is 7.93. The van der Waals surface area contributed by atoms with Gasteiger partial charge in [-0.05, 0) is 55.7 Å². The van der Waals surface area contributed by atoms with Crippen LogP contribution in [0.5, 0.6) is 17.2 Å². The van der Waals surface area contributed by atoms with Crippen LogP contribution in [0.4, 0.5) is 4.39 Å². The highest BCUT2D eigenvalue weighted by atomic mass is 32.2. The largest absolute Gasteiger partial charge is 0.494 e. The third-order valence-electron chi connectivity index (χ3n) is 5.68. The van der Waals surface area contributed by atoms with Gasteiger partial charge in [0.15, 0.2) is 11.5 Å². The number of carbonyl (C=O) groups excluding carboxylic acids is 1. The van der Waals surface area contributed by atoms with Crippen molar-refractivity contribution in [2.75, 3.05) is 39.5 Å². The summed E-state index contributed by atoms with van der Waals surface area (Å²) >= 11 is 0. The molecule has 2 aliphatic heterocycles. The third-order valence-corrected chi connectivity index (χ3v) is 7.57. The Balaban J connectivity index is 1.21. The van der Waals surface area contributed by atoms with Crippen LogP contribution in [0, 0.1) is 11.7 Å². The van der Waals surface area contributed by atoms with Gasteiger partial charge in [-0.2, -0.15) is 4.31 Å². The van der Waals surface area contributed by atoms with Crippen molar-refractivity contribution in [1.82, 2.24) is 9.62 Å². The summed E-state index contributed by atoms with van der Waals surface area (Å²) in [5.74, 6) is 0.926. The molecule has 0 aliphatic carbocycles. The Morgan fingerprint density at radius 2 is 1.76 bits per heavy atom. The number of amides is 1. The molecule has 2 aromatic rings. The maximum Gasteiger partial charge on any atom is 0.243 e. The quantitative estimate of drug-likeness (QED) is 0.586. The molecular formula is C23H27FN2O6S. The van der Waals surface area contributed by atoms with Gasteiger partial charge in [-0.15, -0.1) is 0 Å². The van der Waals surface area contributed by atoms with Gasteiger partial charge in [0.25, 0.3) is 0 Å². The predicted molar refractivity (Wildman–Crippen MR) is 118 cm³/mol. The first-order valence-corrected chi connectivity index (χ1v) is 12.4. The Labute approximate surface area is 192 Å². The number of piperidine rings is 1. The van der Waals surface area contributed by atoms with Gasteiger partial charge in [0.1, 0.15) is 24.8 Å². The van der Waals surface area contributed by atoms with Crippen molar-refractivity contribution in [1.29, 1.82) is 0 Å². The fourth-order valence-electron chi connectivity index (χ4n) is 3.84. The van der Waals surface area contributed by atoms with Crippen LogP contribution in [0.15, 0.2) is 47.4 Å². The van der Waals surface area contributed by atoms with Gasteiger partial charge in [0.2, 0.25) is 15.9 Å². The smallest absolute Gasteiger partial charge is 0.243 e. The predicted octanol–water partition coefficient (Wildman–Crippen LogP) is 2.58. The van der Waals surface area contributed by atoms with Crippen LogP contribution < -0.4 is 19.5 Å². The zero-order valence-electron chi connectivity index (χ0n) is 18.2. The van der Waals surface area contributed by atoms with Crippen molar-refractivity contribution >= 4 is 15.9 Å². The molecule has 0 unspecified atom stereocenters. The molecule has 1 N–H and O–H groups in total. The molecule has 178 valence electrons. The number of halogens is 1. The molecular weight excluding hydrogens is 451 g/mol. The van der Waals surface area contributed by atoms with Crippen LogP contribution in [-0.2, 0) is 14.8 Å². The molecule has 0 atom stereocenters. The molecule has 2 heterocycles. The van der Waals surface area contributed by atoms with E-state index in [-0.39, 0.29) is 35.6 Å². The zero-order chi connectivity index (χ0) is 23.3. The van der Waals surface area contributed by atoms with Gasteiger partial charge in [-0.1, -0.05) is 0 Å². The van der Waals surface area contributed by atoms with E-state index >= 15 is 0 Å². The second-order valence-corrected chi connectivity index (χ2v) is 9.87. The van der Waals surface area contributed by atoms with E-state index < -0.39 is 10.0 Å². The summed E-state index contributed by atoms with van der Waals surface area (Å²) in [5.41, 5.74) is 0. The molecule has 0 bridgehead atoms. The van der Waals surface area contributed by atoms with E-state index in [1.165, 1.54) is 28.6 Å². The van der Waals surface area contributed by atoms with Crippen LogP contribution in [0.1, 0.15) is 19.3 Å². The third kappa shape index (κ3) is 5.75. The minimum absolute atomic E-state index is 0.0758. The van der Waals surface area contributed by atoms with E-state index in [0.717, 1.165) is 0 Å². The fraction of sp³-hybridized carbons (Fsp3) is 0.435. The maximum absolute atomic E-state index is 13.0. The molecule has 2 aliphatic rings. The van der Waals surface area contributed by atoms with E-state index in [9.17, 15) is 17.6 Å². The molecule has 8 nitrogen and oxygen atoms in total. The summed E-state index contributed by atoms with van der Waals surface area (Å²) in [6, 6.07) is 10.4. The number of sulfonamides is 1. The van der Waals surface area contributed by atoms with Crippen LogP contribution in [-0.4, -0.2) is 58.1 Å². The zero-order valence-corrected chi connectivity index (χ0v) is 19.0. The number of ether oxygens (including phenoxy) is 3. The molecule has 10 heteroatoms. The van der Waals surface area contributed by atoms with Gasteiger partial charge in [-0.3, -0.25) is 4.79 Å². The van der Waals surface area contributed by atoms with Gasteiger partial charge in [0.05, 0.1) is 11.5 Å². The molecule has 1 saturated heterocycles. The Hall–Kier alpha value is -2.85. The first-order chi connectivity index (χ1) is 15.9. The Morgan fingerprint density at radius 1 is 1.06 bits per heavy atom. The number of rotatable bonds is 8. The molecule has 0 radical (unpaired) electrons. The Morgan fingerprint density at radius 3 is 2.48 bits per heavy atom. The van der Waals surface area contributed by atoms with E-state index in [1.807, 2.05) is 0 Å². The Kier molecular flexibility index (Phi) is 7.34. The summed E-state index contributed by atoms with van der Waals surface area (Å²) < 4.78 is 56.8. The lowest BCUT2D eigenvalue weighted by Crippen LogP contribution is -2.43. The molecule has 0 spiro atoms. The van der Waals surface area contributed by atoms with Gasteiger partial charge in [-0.25, -0.2) is 12.8 Å². The highest BCUT2D eigenvalue weighted by molar-refractivity contribution is 7.89. The van der Waals surface area contributed by atoms with Gasteiger partial charge < -0.3 is 19.5 Å². The number of hydrogen-bond acceptors (Lipinski definition) is 6. The number of benzene rings is 2. The lowest BCUT2D eigenvalue weighted by molar-refractivity contribution is -0.126. The SMILES string of the molecule is O=C(NCCCOc1ccc(F)cc1)C1CCN(S(=O)(=O)c2ccc3c(c2)OCCO3)CC1. The summed E-state index contributed by atoms with van der Waals surface area (Å²) in [4.78, 5) is 12.6. The number of nitrogens with one attached hydrogen (secondary N) is 1. The minimum Gasteiger partial charge on any atom is -0.494 e. The summed E-state index contributed by atoms with van der Waals surface area (Å²) in [7, 11) is -3.67. The van der Waals surface area contributed by atoms with Crippen molar-refractivity contribution < 1.29 is 31.8 Å². The summed E-state index contributed by atoms with van der Waals surface area (Å²) in [6.07, 6.45) is 1.53. The molecule has 2 aromatic carbocycles. The average Bonchev–Trinajstić information content (AvgIpc) is 2.84. The average molecular weight is 479 g/mol. The molecule has 1 amide bonds. The molecule has 33 heavy (non-hydrogen) atoms. The van der Waals surface area contributed by atoms with Crippen LogP contribution in [0.25, 0.3) is 0 Å². The summed E-state index contributed by atoms with van der Waals surface area (Å²) in [5, 5.41) is 2.89. The number of carbonyl (C=O) groups is 1. The van der Waals surface area contributed by atoms with Crippen molar-refractivity contribution in [3.8, 4) is 17.2 Å². The molecule has 1 fully saturated rings. The lowest BCUT2D eigenvalue weighted by Gasteiger charge is -2.30. The van der Waals surface area contributed by atoms with Crippen molar-refractivity contribution in [3.05, 3.63) is 48.3 Å². The van der Waals surface area contributed by atoms with Gasteiger partial charge in [0, 0.05) is 31.6 Å². The molecule has 4 rings (SSSR count). The summed E-state index contributed by atoms with van der Waals surface area (Å²) in [6.45, 7) is 2.24. The first-order valence-electron chi connectivity index (χ1n) is 11.0. The standard InChI is InChI=1S/C23H27FN2O6S/c24-18-2-4-19(5-3-18)30-13-1-10-25-23(27)17-8-11-26(12-9-17)33(28,29)20-6-7-21-22(16-20)32-15-14-31-21/h2-7,16-17H,1,8-15H2,(H,25,27). The van der Waals surface area contributed by atoms with Crippen LogP contribution in [0.3, 0.4) is 0 Å². The maximum atomic E-state index is 13.0. The highest BCUT2D eigenvalue weighted by Gasteiger charge is 2.32. The normalized spacial score (nSPS) is 16.9. The Bertz CT molecular complexity index is 1070. The molecule has 0 saturated carbocycles. The van der Waals surface area contributed by atoms with E-state index in [4.69, 9.17) is 14.2 Å². The van der Waals surface area contributed by atoms with Crippen molar-refractivity contribution in [3.63, 3.8) is 0 Å². The topological polar surface area (TPSA) is 94.2 Å². The lowest BCUT2D eigenvalue weighted by atomic mass is 9.97. The van der Waals surface area contributed by atoms with Crippen LogP contribution >= 0.6 is 0 Å². The minimum atomic E-state index is -3.67. The van der Waals surface area contributed by atoms with E-state index in [1.54, 1.807) is 18.2 Å². The van der Waals surface area contributed by atoms with Gasteiger partial charge >= 0.3 is 0 Å². The number of fused-ring (bicyclic) bond motifs is 1. The van der Waals surface area contributed by atoms with Crippen molar-refractivity contribution in [2.45, 2.75) is 24.2 Å². The van der Waals surface area contributed by atoms with Crippen LogP contribution in [0.2, 0.25) is 0 Å². The highest BCUT2D eigenvalue weighted by Crippen LogP contribution is 2.34. The van der Waals surface area contributed by atoms with E-state index in [0.29, 0.717) is 62.9 Å². The molecule has 0 aromatic heterocycles. The number of nitrogens with zero attached hydrogens (tertiary/aromatic N) is 1. The van der Waals surface area contributed by atoms with E-state index in [2.05, 4.69) is 5.32 Å². The monoisotopic (exact) mass is 478 g/mol. The first kappa shape index (κ1) is 23.3. The number of hydrogen-bond donors (Lipinski definition) is 1. The fourth-order valence-corrected chi connectivity index (χ4v) is 5.33. The second kappa shape index (κ2) is 10.4. The van der Waals surface area contributed by atoms with Crippen molar-refractivity contribution in [2.24, 2.45) is 5.92 Å².